The zero-order valence-electron chi connectivity index (χ0n) is 46.1. The molecule has 0 aliphatic carbocycles. The van der Waals surface area contributed by atoms with Crippen molar-refractivity contribution in [3.63, 3.8) is 0 Å². The van der Waals surface area contributed by atoms with E-state index in [2.05, 4.69) is 74.6 Å². The van der Waals surface area contributed by atoms with Crippen LogP contribution >= 0.6 is 0 Å². The molecule has 0 aromatic heterocycles. The summed E-state index contributed by atoms with van der Waals surface area (Å²) < 4.78 is 10.7. The molecular formula is C64H116O5. The first kappa shape index (κ1) is 66.6. The van der Waals surface area contributed by atoms with E-state index in [1.54, 1.807) is 0 Å². The largest absolute Gasteiger partial charge is 0.462 e. The molecule has 0 spiro atoms. The Bertz CT molecular complexity index is 1180. The van der Waals surface area contributed by atoms with Crippen LogP contribution in [0.3, 0.4) is 0 Å². The fourth-order valence-electron chi connectivity index (χ4n) is 9.06. The molecule has 5 nitrogen and oxygen atoms in total. The van der Waals surface area contributed by atoms with E-state index in [1.807, 2.05) is 0 Å². The van der Waals surface area contributed by atoms with Gasteiger partial charge in [0.1, 0.15) is 6.61 Å². The lowest BCUT2D eigenvalue weighted by Crippen LogP contribution is -2.28. The highest BCUT2D eigenvalue weighted by Crippen LogP contribution is 2.18. The van der Waals surface area contributed by atoms with Gasteiger partial charge in [-0.2, -0.15) is 0 Å². The number of unbranched alkanes of at least 4 members (excludes halogenated alkanes) is 38. The summed E-state index contributed by atoms with van der Waals surface area (Å²) in [6.07, 6.45) is 80.7. The van der Waals surface area contributed by atoms with Gasteiger partial charge < -0.3 is 14.6 Å². The molecule has 0 aliphatic rings. The van der Waals surface area contributed by atoms with Crippen LogP contribution < -0.4 is 0 Å². The minimum Gasteiger partial charge on any atom is -0.462 e. The van der Waals surface area contributed by atoms with Gasteiger partial charge in [-0.15, -0.1) is 0 Å². The maximum Gasteiger partial charge on any atom is 0.306 e. The Morgan fingerprint density at radius 2 is 0.623 bits per heavy atom. The summed E-state index contributed by atoms with van der Waals surface area (Å²) in [6, 6.07) is 0. The van der Waals surface area contributed by atoms with Crippen molar-refractivity contribution in [3.05, 3.63) is 60.8 Å². The fourth-order valence-corrected chi connectivity index (χ4v) is 9.06. The molecule has 1 N–H and O–H groups in total. The summed E-state index contributed by atoms with van der Waals surface area (Å²) in [5.41, 5.74) is 0. The average molecular weight is 966 g/mol. The molecule has 1 atom stereocenters. The maximum absolute atomic E-state index is 12.3. The van der Waals surface area contributed by atoms with Crippen LogP contribution in [0.4, 0.5) is 0 Å². The number of aliphatic hydroxyl groups excluding tert-OH is 1. The van der Waals surface area contributed by atoms with Crippen LogP contribution in [-0.2, 0) is 19.1 Å². The average Bonchev–Trinajstić information content (AvgIpc) is 3.35. The molecule has 5 heteroatoms. The Kier molecular flexibility index (Phi) is 57.8. The van der Waals surface area contributed by atoms with Gasteiger partial charge in [-0.25, -0.2) is 0 Å². The molecule has 402 valence electrons. The van der Waals surface area contributed by atoms with Gasteiger partial charge in [-0.3, -0.25) is 9.59 Å². The van der Waals surface area contributed by atoms with E-state index in [1.165, 1.54) is 218 Å². The van der Waals surface area contributed by atoms with Gasteiger partial charge in [0.2, 0.25) is 0 Å². The molecule has 0 rings (SSSR count). The molecule has 0 heterocycles. The molecule has 69 heavy (non-hydrogen) atoms. The van der Waals surface area contributed by atoms with Crippen molar-refractivity contribution in [3.8, 4) is 0 Å². The van der Waals surface area contributed by atoms with Crippen LogP contribution in [0.25, 0.3) is 0 Å². The summed E-state index contributed by atoms with van der Waals surface area (Å²) >= 11 is 0. The Morgan fingerprint density at radius 3 is 0.942 bits per heavy atom. The summed E-state index contributed by atoms with van der Waals surface area (Å²) in [5, 5.41) is 9.67. The van der Waals surface area contributed by atoms with Crippen molar-refractivity contribution in [2.75, 3.05) is 13.2 Å². The number of hydrogen-bond acceptors (Lipinski definition) is 5. The first-order chi connectivity index (χ1) is 34.1. The molecule has 0 fully saturated rings. The van der Waals surface area contributed by atoms with Crippen LogP contribution in [0, 0.1) is 0 Å². The van der Waals surface area contributed by atoms with Crippen molar-refractivity contribution in [1.29, 1.82) is 0 Å². The van der Waals surface area contributed by atoms with E-state index >= 15 is 0 Å². The van der Waals surface area contributed by atoms with E-state index in [4.69, 9.17) is 9.47 Å². The van der Waals surface area contributed by atoms with Crippen molar-refractivity contribution in [2.45, 2.75) is 322 Å². The fraction of sp³-hybridized carbons (Fsp3) is 0.812. The predicted molar refractivity (Wildman–Crippen MR) is 302 cm³/mol. The third-order valence-corrected chi connectivity index (χ3v) is 13.6. The topological polar surface area (TPSA) is 72.8 Å². The molecule has 0 radical (unpaired) electrons. The molecule has 0 amide bonds. The minimum atomic E-state index is -0.773. The van der Waals surface area contributed by atoms with Crippen molar-refractivity contribution >= 4 is 11.9 Å². The van der Waals surface area contributed by atoms with E-state index in [-0.39, 0.29) is 25.2 Å². The number of hydrogen-bond donors (Lipinski definition) is 1. The number of carbonyl (C=O) groups is 2. The lowest BCUT2D eigenvalue weighted by atomic mass is 10.0. The maximum atomic E-state index is 12.3. The normalized spacial score (nSPS) is 12.6. The second-order valence-electron chi connectivity index (χ2n) is 20.4. The second-order valence-corrected chi connectivity index (χ2v) is 20.4. The van der Waals surface area contributed by atoms with Crippen molar-refractivity contribution in [1.82, 2.24) is 0 Å². The van der Waals surface area contributed by atoms with Crippen LogP contribution in [0.5, 0.6) is 0 Å². The molecule has 0 saturated heterocycles. The van der Waals surface area contributed by atoms with Gasteiger partial charge in [-0.05, 0) is 57.8 Å². The first-order valence-electron chi connectivity index (χ1n) is 30.3. The minimum absolute atomic E-state index is 0.0631. The van der Waals surface area contributed by atoms with Gasteiger partial charge in [0.25, 0.3) is 0 Å². The van der Waals surface area contributed by atoms with Gasteiger partial charge in [0.05, 0.1) is 6.61 Å². The second kappa shape index (κ2) is 59.9. The van der Waals surface area contributed by atoms with Crippen LogP contribution in [0.1, 0.15) is 316 Å². The van der Waals surface area contributed by atoms with Crippen molar-refractivity contribution < 1.29 is 24.2 Å². The highest BCUT2D eigenvalue weighted by Gasteiger charge is 2.16. The number of ether oxygens (including phenoxy) is 2. The number of aliphatic hydroxyl groups is 1. The third-order valence-electron chi connectivity index (χ3n) is 13.6. The number of allylic oxidation sites excluding steroid dienone is 10. The molecule has 0 aromatic carbocycles. The Balaban J connectivity index is 3.45. The molecule has 0 bridgehead atoms. The van der Waals surface area contributed by atoms with Gasteiger partial charge in [0.15, 0.2) is 6.10 Å². The smallest absolute Gasteiger partial charge is 0.306 e. The lowest BCUT2D eigenvalue weighted by molar-refractivity contribution is -0.161. The molecule has 0 aromatic rings. The highest BCUT2D eigenvalue weighted by atomic mass is 16.6. The van der Waals surface area contributed by atoms with E-state index < -0.39 is 6.10 Å². The lowest BCUT2D eigenvalue weighted by Gasteiger charge is -2.15. The first-order valence-corrected chi connectivity index (χ1v) is 30.3. The zero-order chi connectivity index (χ0) is 49.9. The standard InChI is InChI=1S/C64H116O5/c1-3-5-7-9-11-13-15-17-19-21-23-25-27-29-31-32-33-35-37-39-41-43-45-47-49-51-53-55-57-59-64(67)69-62(60-65)61-68-63(66)58-56-54-52-50-48-46-44-42-40-38-36-34-30-28-26-24-22-20-18-16-14-12-10-8-6-4-2/h5,7,11,13,17,19,23,25,29,31,62,65H,3-4,6,8-10,12,14-16,18,20-22,24,26-28,30,32-61H2,1-2H3/b7-5-,13-11-,19-17-,25-23-,31-29-. The zero-order valence-corrected chi connectivity index (χ0v) is 46.1. The van der Waals surface area contributed by atoms with E-state index in [0.29, 0.717) is 12.8 Å². The molecule has 0 aliphatic heterocycles. The number of esters is 2. The Hall–Kier alpha value is -2.40. The van der Waals surface area contributed by atoms with Crippen molar-refractivity contribution in [2.24, 2.45) is 0 Å². The van der Waals surface area contributed by atoms with Crippen LogP contribution in [-0.4, -0.2) is 36.4 Å². The number of rotatable bonds is 56. The van der Waals surface area contributed by atoms with E-state index in [0.717, 1.165) is 70.6 Å². The Morgan fingerprint density at radius 1 is 0.348 bits per heavy atom. The third kappa shape index (κ3) is 58.1. The quantitative estimate of drug-likeness (QED) is 0.0373. The number of carbonyl (C=O) groups excluding carboxylic acids is 2. The summed E-state index contributed by atoms with van der Waals surface area (Å²) in [6.45, 7) is 4.07. The SMILES string of the molecule is CC/C=C\C/C=C\C/C=C\C/C=C\C/C=C\CCCCCCCCCCCCCCCC(=O)OC(CO)COC(=O)CCCCCCCCCCCCCCCCCCCCCCCCCCCC. The van der Waals surface area contributed by atoms with Crippen LogP contribution in [0.15, 0.2) is 60.8 Å². The van der Waals surface area contributed by atoms with Crippen LogP contribution in [0.2, 0.25) is 0 Å². The van der Waals surface area contributed by atoms with Gasteiger partial charge in [0, 0.05) is 12.8 Å². The van der Waals surface area contributed by atoms with E-state index in [9.17, 15) is 14.7 Å². The monoisotopic (exact) mass is 965 g/mol. The predicted octanol–water partition coefficient (Wildman–Crippen LogP) is 20.6. The Labute approximate surface area is 430 Å². The molecule has 1 unspecified atom stereocenters. The highest BCUT2D eigenvalue weighted by molar-refractivity contribution is 5.70. The summed E-state index contributed by atoms with van der Waals surface area (Å²) in [7, 11) is 0. The summed E-state index contributed by atoms with van der Waals surface area (Å²) in [4.78, 5) is 24.6. The molecule has 0 saturated carbocycles. The van der Waals surface area contributed by atoms with Gasteiger partial charge >= 0.3 is 11.9 Å². The molecular weight excluding hydrogens is 849 g/mol. The summed E-state index contributed by atoms with van der Waals surface area (Å²) in [5.74, 6) is -0.577. The van der Waals surface area contributed by atoms with Gasteiger partial charge in [-0.1, -0.05) is 306 Å².